The van der Waals surface area contributed by atoms with Crippen LogP contribution in [0.4, 0.5) is 0 Å². The number of hydrogen-bond donors (Lipinski definition) is 0. The molecule has 0 aliphatic carbocycles. The lowest BCUT2D eigenvalue weighted by molar-refractivity contribution is 0.101. The molecule has 1 atom stereocenters. The second-order valence-corrected chi connectivity index (χ2v) is 4.91. The fraction of sp³-hybridized carbons (Fsp3) is 0.364. The van der Waals surface area contributed by atoms with Gasteiger partial charge in [-0.15, -0.1) is 0 Å². The minimum atomic E-state index is -0.0742. The number of carbonyl (C=O) groups is 1. The van der Waals surface area contributed by atoms with Gasteiger partial charge in [0.15, 0.2) is 5.78 Å². The third-order valence-corrected chi connectivity index (χ3v) is 2.94. The Kier molecular flexibility index (Phi) is 3.52. The fourth-order valence-corrected chi connectivity index (χ4v) is 2.17. The molecule has 0 N–H and O–H groups in total. The Morgan fingerprint density at radius 1 is 1.69 bits per heavy atom. The van der Waals surface area contributed by atoms with E-state index in [2.05, 4.69) is 15.9 Å². The van der Waals surface area contributed by atoms with Gasteiger partial charge in [-0.2, -0.15) is 0 Å². The van der Waals surface area contributed by atoms with Gasteiger partial charge in [0.05, 0.1) is 17.2 Å². The zero-order valence-corrected chi connectivity index (χ0v) is 11.0. The molecule has 2 rings (SSSR count). The number of ether oxygens (including phenoxy) is 2. The van der Waals surface area contributed by atoms with Crippen molar-refractivity contribution in [2.75, 3.05) is 13.2 Å². The minimum Gasteiger partial charge on any atom is -0.488 e. The zero-order chi connectivity index (χ0) is 11.7. The highest BCUT2D eigenvalue weighted by molar-refractivity contribution is 9.10. The molecule has 86 valence electrons. The molecule has 5 heteroatoms. The molecular weight excluding hydrogens is 295 g/mol. The van der Waals surface area contributed by atoms with Gasteiger partial charge >= 0.3 is 0 Å². The first-order chi connectivity index (χ1) is 7.58. The summed E-state index contributed by atoms with van der Waals surface area (Å²) in [7, 11) is 0. The molecule has 3 nitrogen and oxygen atoms in total. The molecule has 0 bridgehead atoms. The second-order valence-electron chi connectivity index (χ2n) is 3.59. The van der Waals surface area contributed by atoms with Crippen LogP contribution in [0.5, 0.6) is 5.75 Å². The van der Waals surface area contributed by atoms with E-state index in [1.807, 2.05) is 0 Å². The van der Waals surface area contributed by atoms with Gasteiger partial charge < -0.3 is 9.47 Å². The quantitative estimate of drug-likeness (QED) is 0.634. The van der Waals surface area contributed by atoms with Crippen LogP contribution in [0.1, 0.15) is 17.3 Å². The average Bonchev–Trinajstić information content (AvgIpc) is 2.98. The molecule has 0 saturated carbocycles. The second kappa shape index (κ2) is 4.73. The van der Waals surface area contributed by atoms with Crippen molar-refractivity contribution in [2.24, 2.45) is 0 Å². The summed E-state index contributed by atoms with van der Waals surface area (Å²) in [6.07, 6.45) is 0.138. The molecule has 1 unspecified atom stereocenters. The van der Waals surface area contributed by atoms with Crippen LogP contribution in [0.25, 0.3) is 0 Å². The number of benzene rings is 1. The van der Waals surface area contributed by atoms with Crippen molar-refractivity contribution in [1.82, 2.24) is 0 Å². The van der Waals surface area contributed by atoms with Crippen LogP contribution in [0.3, 0.4) is 0 Å². The smallest absolute Gasteiger partial charge is 0.163 e. The van der Waals surface area contributed by atoms with E-state index in [0.29, 0.717) is 29.5 Å². The van der Waals surface area contributed by atoms with Crippen LogP contribution in [0.2, 0.25) is 5.02 Å². The summed E-state index contributed by atoms with van der Waals surface area (Å²) >= 11 is 9.33. The lowest BCUT2D eigenvalue weighted by Crippen LogP contribution is -2.08. The number of rotatable bonds is 4. The monoisotopic (exact) mass is 304 g/mol. The van der Waals surface area contributed by atoms with Gasteiger partial charge in [-0.25, -0.2) is 0 Å². The topological polar surface area (TPSA) is 38.8 Å². The van der Waals surface area contributed by atoms with Gasteiger partial charge in [-0.05, 0) is 19.1 Å². The summed E-state index contributed by atoms with van der Waals surface area (Å²) in [5.41, 5.74) is 0.486. The summed E-state index contributed by atoms with van der Waals surface area (Å²) < 4.78 is 11.3. The number of carbonyl (C=O) groups excluding carboxylic acids is 1. The van der Waals surface area contributed by atoms with Crippen LogP contribution >= 0.6 is 27.5 Å². The van der Waals surface area contributed by atoms with Gasteiger partial charge in [0.1, 0.15) is 18.5 Å². The number of Topliss-reactive ketones (excluding diaryl/α,β-unsaturated/α-hetero) is 1. The number of epoxide rings is 1. The van der Waals surface area contributed by atoms with E-state index in [0.717, 1.165) is 4.47 Å². The maximum atomic E-state index is 11.4. The molecule has 1 aliphatic rings. The van der Waals surface area contributed by atoms with Crippen molar-refractivity contribution in [1.29, 1.82) is 0 Å². The number of halogens is 2. The number of hydrogen-bond acceptors (Lipinski definition) is 3. The zero-order valence-electron chi connectivity index (χ0n) is 8.63. The first-order valence-electron chi connectivity index (χ1n) is 4.82. The lowest BCUT2D eigenvalue weighted by atomic mass is 10.1. The largest absolute Gasteiger partial charge is 0.488 e. The Morgan fingerprint density at radius 2 is 2.38 bits per heavy atom. The van der Waals surface area contributed by atoms with Gasteiger partial charge in [-0.3, -0.25) is 4.79 Å². The average molecular weight is 306 g/mol. The Labute approximate surface area is 107 Å². The molecule has 0 spiro atoms. The van der Waals surface area contributed by atoms with Crippen LogP contribution in [0.15, 0.2) is 16.6 Å². The first-order valence-corrected chi connectivity index (χ1v) is 5.99. The Bertz CT molecular complexity index is 429. The third kappa shape index (κ3) is 2.75. The summed E-state index contributed by atoms with van der Waals surface area (Å²) in [6, 6.07) is 3.41. The highest BCUT2D eigenvalue weighted by Gasteiger charge is 2.24. The van der Waals surface area contributed by atoms with Crippen molar-refractivity contribution in [3.8, 4) is 5.75 Å². The highest BCUT2D eigenvalue weighted by atomic mass is 79.9. The molecule has 0 amide bonds. The summed E-state index contributed by atoms with van der Waals surface area (Å²) in [4.78, 5) is 11.4. The van der Waals surface area contributed by atoms with Crippen molar-refractivity contribution < 1.29 is 14.3 Å². The van der Waals surface area contributed by atoms with Gasteiger partial charge in [0.25, 0.3) is 0 Å². The van der Waals surface area contributed by atoms with E-state index in [9.17, 15) is 4.79 Å². The molecule has 1 aliphatic heterocycles. The van der Waals surface area contributed by atoms with Crippen LogP contribution < -0.4 is 4.74 Å². The molecule has 0 aromatic heterocycles. The standard InChI is InChI=1S/C11H10BrClO3/c1-6(14)9-2-7(12)3-10(13)11(9)16-5-8-4-15-8/h2-3,8H,4-5H2,1H3. The molecule has 0 radical (unpaired) electrons. The van der Waals surface area contributed by atoms with Crippen molar-refractivity contribution in [3.05, 3.63) is 27.2 Å². The highest BCUT2D eigenvalue weighted by Crippen LogP contribution is 2.33. The van der Waals surface area contributed by atoms with E-state index in [1.54, 1.807) is 12.1 Å². The molecular formula is C11H10BrClO3. The maximum absolute atomic E-state index is 11.4. The normalized spacial score (nSPS) is 18.3. The summed E-state index contributed by atoms with van der Waals surface area (Å²) in [5, 5.41) is 0.431. The van der Waals surface area contributed by atoms with E-state index >= 15 is 0 Å². The Balaban J connectivity index is 2.27. The van der Waals surface area contributed by atoms with E-state index < -0.39 is 0 Å². The SMILES string of the molecule is CC(=O)c1cc(Br)cc(Cl)c1OCC1CO1. The molecule has 1 fully saturated rings. The van der Waals surface area contributed by atoms with Crippen LogP contribution in [-0.2, 0) is 4.74 Å². The molecule has 1 heterocycles. The van der Waals surface area contributed by atoms with Crippen molar-refractivity contribution >= 4 is 33.3 Å². The number of ketones is 1. The predicted octanol–water partition coefficient (Wildman–Crippen LogP) is 3.08. The minimum absolute atomic E-state index is 0.0742. The summed E-state index contributed by atoms with van der Waals surface area (Å²) in [6.45, 7) is 2.63. The van der Waals surface area contributed by atoms with Crippen molar-refractivity contribution in [2.45, 2.75) is 13.0 Å². The van der Waals surface area contributed by atoms with Crippen LogP contribution in [-0.4, -0.2) is 25.1 Å². The lowest BCUT2D eigenvalue weighted by Gasteiger charge is -2.11. The predicted molar refractivity (Wildman–Crippen MR) is 64.4 cm³/mol. The third-order valence-electron chi connectivity index (χ3n) is 2.20. The molecule has 16 heavy (non-hydrogen) atoms. The van der Waals surface area contributed by atoms with Crippen LogP contribution in [0, 0.1) is 0 Å². The van der Waals surface area contributed by atoms with E-state index in [4.69, 9.17) is 21.1 Å². The Morgan fingerprint density at radius 3 is 2.94 bits per heavy atom. The fourth-order valence-electron chi connectivity index (χ4n) is 1.31. The van der Waals surface area contributed by atoms with Gasteiger partial charge in [-0.1, -0.05) is 27.5 Å². The van der Waals surface area contributed by atoms with E-state index in [-0.39, 0.29) is 11.9 Å². The molecule has 1 aromatic rings. The Hall–Kier alpha value is -0.580. The van der Waals surface area contributed by atoms with Gasteiger partial charge in [0.2, 0.25) is 0 Å². The maximum Gasteiger partial charge on any atom is 0.163 e. The first kappa shape index (κ1) is 11.9. The van der Waals surface area contributed by atoms with E-state index in [1.165, 1.54) is 6.92 Å². The van der Waals surface area contributed by atoms with Crippen molar-refractivity contribution in [3.63, 3.8) is 0 Å². The summed E-state index contributed by atoms with van der Waals surface area (Å²) in [5.74, 6) is 0.364. The van der Waals surface area contributed by atoms with Gasteiger partial charge in [0, 0.05) is 4.47 Å². The molecule has 1 aromatic carbocycles. The molecule has 1 saturated heterocycles.